The van der Waals surface area contributed by atoms with Crippen molar-refractivity contribution < 1.29 is 51.4 Å². The van der Waals surface area contributed by atoms with Crippen molar-refractivity contribution in [3.05, 3.63) is 43.8 Å². The molecule has 0 radical (unpaired) electrons. The van der Waals surface area contributed by atoms with Crippen LogP contribution in [0, 0.1) is 6.58 Å². The number of hydrogen-bond acceptors (Lipinski definition) is 1. The normalized spacial score (nSPS) is 5.78. The summed E-state index contributed by atoms with van der Waals surface area (Å²) in [5.74, 6) is 0. The van der Waals surface area contributed by atoms with Crippen LogP contribution in [-0.2, 0) is 0 Å². The molecular weight excluding hydrogens is 137 g/mol. The first-order valence-corrected chi connectivity index (χ1v) is 2.26. The number of rotatable bonds is 0. The molecule has 0 spiro atoms. The molecule has 0 aliphatic heterocycles. The van der Waals surface area contributed by atoms with Crippen LogP contribution in [0.15, 0.2) is 37.2 Å². The van der Waals surface area contributed by atoms with Gasteiger partial charge >= 0.3 is 51.4 Å². The van der Waals surface area contributed by atoms with Gasteiger partial charge in [0.1, 0.15) is 0 Å². The summed E-state index contributed by atoms with van der Waals surface area (Å²) in [6.07, 6.45) is 3.50. The van der Waals surface area contributed by atoms with Gasteiger partial charge in [-0.15, -0.1) is 0 Å². The monoisotopic (exact) mass is 145 g/mol. The van der Waals surface area contributed by atoms with E-state index in [1.807, 2.05) is 18.2 Å². The van der Waals surface area contributed by atoms with Crippen molar-refractivity contribution in [1.82, 2.24) is 4.98 Å². The van der Waals surface area contributed by atoms with E-state index in [0.29, 0.717) is 0 Å². The van der Waals surface area contributed by atoms with E-state index in [1.165, 1.54) is 0 Å². The summed E-state index contributed by atoms with van der Waals surface area (Å²) in [4.78, 5) is 3.78. The molecule has 0 aliphatic carbocycles. The molecule has 9 heavy (non-hydrogen) atoms. The molecule has 1 aromatic rings. The zero-order chi connectivity index (χ0) is 6.24. The van der Waals surface area contributed by atoms with Crippen molar-refractivity contribution >= 4 is 0 Å². The van der Waals surface area contributed by atoms with Gasteiger partial charge in [-0.25, -0.2) is 0 Å². The van der Waals surface area contributed by atoms with E-state index >= 15 is 0 Å². The van der Waals surface area contributed by atoms with Gasteiger partial charge in [-0.05, 0) is 12.1 Å². The Hall–Kier alpha value is 0.526. The predicted octanol–water partition coefficient (Wildman–Crippen LogP) is -1.31. The second-order valence-electron chi connectivity index (χ2n) is 1.02. The fourth-order valence-corrected chi connectivity index (χ4v) is 0.313. The molecule has 0 saturated carbocycles. The van der Waals surface area contributed by atoms with Gasteiger partial charge in [0.05, 0.1) is 0 Å². The van der Waals surface area contributed by atoms with Gasteiger partial charge in [-0.3, -0.25) is 11.6 Å². The maximum absolute atomic E-state index is 4.25. The van der Waals surface area contributed by atoms with Gasteiger partial charge in [0.2, 0.25) is 0 Å². The predicted molar refractivity (Wildman–Crippen MR) is 34.2 cm³/mol. The van der Waals surface area contributed by atoms with Crippen molar-refractivity contribution in [1.29, 1.82) is 0 Å². The summed E-state index contributed by atoms with van der Waals surface area (Å²) in [7, 11) is 0. The molecule has 42 valence electrons. The minimum Gasteiger partial charge on any atom is -0.521 e. The van der Waals surface area contributed by atoms with E-state index < -0.39 is 0 Å². The number of aromatic nitrogens is 1. The molecule has 0 atom stereocenters. The molecule has 0 bridgehead atoms. The zero-order valence-electron chi connectivity index (χ0n) is 5.62. The fourth-order valence-electron chi connectivity index (χ4n) is 0.313. The van der Waals surface area contributed by atoms with Gasteiger partial charge in [0.25, 0.3) is 0 Å². The first kappa shape index (κ1) is 12.2. The summed E-state index contributed by atoms with van der Waals surface area (Å²) in [5, 5.41) is 0. The molecule has 1 nitrogen and oxygen atoms in total. The Morgan fingerprint density at radius 3 is 1.56 bits per heavy atom. The minimum atomic E-state index is 0. The molecule has 1 rings (SSSR count). The summed E-state index contributed by atoms with van der Waals surface area (Å²) in [5.41, 5.74) is 0. The van der Waals surface area contributed by atoms with E-state index in [1.54, 1.807) is 12.4 Å². The Morgan fingerprint density at radius 2 is 1.44 bits per heavy atom. The zero-order valence-corrected chi connectivity index (χ0v) is 8.74. The summed E-state index contributed by atoms with van der Waals surface area (Å²) < 4.78 is 0. The molecule has 0 aromatic carbocycles. The fraction of sp³-hybridized carbons (Fsp3) is 0. The molecule has 0 aliphatic rings. The van der Waals surface area contributed by atoms with Gasteiger partial charge < -0.3 is 6.58 Å². The molecule has 1 aromatic heterocycles. The van der Waals surface area contributed by atoms with Crippen LogP contribution in [0.2, 0.25) is 0 Å². The van der Waals surface area contributed by atoms with Gasteiger partial charge in [-0.2, -0.15) is 0 Å². The molecule has 1 heterocycles. The van der Waals surface area contributed by atoms with Gasteiger partial charge in [-0.1, -0.05) is 6.07 Å². The molecular formula is C7H8KN. The quantitative estimate of drug-likeness (QED) is 0.326. The van der Waals surface area contributed by atoms with Gasteiger partial charge in [0.15, 0.2) is 0 Å². The Balaban J connectivity index is 0. The summed E-state index contributed by atoms with van der Waals surface area (Å²) in [6, 6.07) is 5.72. The molecule has 0 unspecified atom stereocenters. The topological polar surface area (TPSA) is 12.9 Å². The molecule has 2 heteroatoms. The van der Waals surface area contributed by atoms with Crippen LogP contribution in [0.5, 0.6) is 0 Å². The standard InChI is InChI=1S/C5H5N.C2H3.K/c1-2-4-6-5-3-1;1-2;/h1-5H;1H,2H2;/q;-1;+1. The number of hydrogen-bond donors (Lipinski definition) is 0. The van der Waals surface area contributed by atoms with E-state index in [-0.39, 0.29) is 51.4 Å². The van der Waals surface area contributed by atoms with E-state index in [9.17, 15) is 0 Å². The summed E-state index contributed by atoms with van der Waals surface area (Å²) >= 11 is 0. The summed E-state index contributed by atoms with van der Waals surface area (Å²) in [6.45, 7) is 7.00. The molecule has 0 saturated heterocycles. The Labute approximate surface area is 98.6 Å². The average Bonchev–Trinajstić information content (AvgIpc) is 1.96. The Kier molecular flexibility index (Phi) is 15.4. The number of nitrogens with zero attached hydrogens (tertiary/aromatic N) is 1. The van der Waals surface area contributed by atoms with Crippen LogP contribution in [-0.4, -0.2) is 4.98 Å². The minimum absolute atomic E-state index is 0. The molecule has 0 N–H and O–H groups in total. The Morgan fingerprint density at radius 1 is 1.00 bits per heavy atom. The first-order chi connectivity index (χ1) is 4.00. The van der Waals surface area contributed by atoms with Crippen LogP contribution >= 0.6 is 0 Å². The number of pyridine rings is 1. The van der Waals surface area contributed by atoms with Crippen molar-refractivity contribution in [2.24, 2.45) is 0 Å². The van der Waals surface area contributed by atoms with E-state index in [4.69, 9.17) is 0 Å². The smallest absolute Gasteiger partial charge is 0.521 e. The molecule has 0 amide bonds. The van der Waals surface area contributed by atoms with Crippen LogP contribution in [0.25, 0.3) is 0 Å². The van der Waals surface area contributed by atoms with Crippen molar-refractivity contribution in [3.8, 4) is 0 Å². The van der Waals surface area contributed by atoms with Crippen molar-refractivity contribution in [2.45, 2.75) is 0 Å². The van der Waals surface area contributed by atoms with Crippen LogP contribution in [0.4, 0.5) is 0 Å². The van der Waals surface area contributed by atoms with E-state index in [0.717, 1.165) is 0 Å². The van der Waals surface area contributed by atoms with Crippen molar-refractivity contribution in [3.63, 3.8) is 0 Å². The second kappa shape index (κ2) is 11.3. The molecule has 0 fully saturated rings. The van der Waals surface area contributed by atoms with Crippen LogP contribution in [0.1, 0.15) is 0 Å². The maximum Gasteiger partial charge on any atom is 1.00 e. The Bertz CT molecular complexity index is 91.8. The largest absolute Gasteiger partial charge is 1.00 e. The third-order valence-electron chi connectivity index (χ3n) is 0.566. The van der Waals surface area contributed by atoms with Crippen LogP contribution in [0.3, 0.4) is 0 Å². The van der Waals surface area contributed by atoms with Gasteiger partial charge in [0, 0.05) is 12.4 Å². The third kappa shape index (κ3) is 8.53. The van der Waals surface area contributed by atoms with E-state index in [2.05, 4.69) is 18.1 Å². The second-order valence-corrected chi connectivity index (χ2v) is 1.02. The van der Waals surface area contributed by atoms with Crippen LogP contribution < -0.4 is 51.4 Å². The average molecular weight is 145 g/mol. The third-order valence-corrected chi connectivity index (χ3v) is 0.566. The first-order valence-electron chi connectivity index (χ1n) is 2.26. The van der Waals surface area contributed by atoms with Crippen molar-refractivity contribution in [2.75, 3.05) is 0 Å². The maximum atomic E-state index is 4.25. The SMILES string of the molecule is [CH-]=C.[K+].c1ccncc1.